The van der Waals surface area contributed by atoms with Gasteiger partial charge >= 0.3 is 6.03 Å². The molecule has 1 aliphatic heterocycles. The maximum Gasteiger partial charge on any atom is 0.322 e. The number of nitrogens with zero attached hydrogens (tertiary/aromatic N) is 2. The fourth-order valence-electron chi connectivity index (χ4n) is 2.89. The first-order valence-electron chi connectivity index (χ1n) is 8.67. The van der Waals surface area contributed by atoms with E-state index >= 15 is 0 Å². The van der Waals surface area contributed by atoms with Gasteiger partial charge < -0.3 is 15.1 Å². The number of benzene rings is 2. The van der Waals surface area contributed by atoms with E-state index in [0.717, 1.165) is 22.5 Å². The highest BCUT2D eigenvalue weighted by Gasteiger charge is 2.26. The van der Waals surface area contributed by atoms with Crippen molar-refractivity contribution in [3.8, 4) is 0 Å². The molecule has 0 bridgehead atoms. The molecule has 3 rings (SSSR count). The Bertz CT molecular complexity index is 802. The monoisotopic (exact) mass is 349 g/mol. The van der Waals surface area contributed by atoms with Gasteiger partial charge in [0.15, 0.2) is 6.10 Å². The van der Waals surface area contributed by atoms with Gasteiger partial charge in [0, 0.05) is 18.7 Å². The Balaban J connectivity index is 1.60. The minimum Gasteiger partial charge on any atom is -0.390 e. The van der Waals surface area contributed by atoms with Crippen molar-refractivity contribution < 1.29 is 9.63 Å². The summed E-state index contributed by atoms with van der Waals surface area (Å²) in [4.78, 5) is 19.9. The molecular formula is C21H23N3O2. The van der Waals surface area contributed by atoms with Gasteiger partial charge in [-0.3, -0.25) is 0 Å². The van der Waals surface area contributed by atoms with Crippen molar-refractivity contribution in [1.82, 2.24) is 4.90 Å². The lowest BCUT2D eigenvalue weighted by molar-refractivity contribution is 0.0645. The standard InChI is InChI=1S/C21H23N3O2/c1-3-12-24(21(25)22-18-11-7-8-16(2)13-18)15-19-14-20(23-26-19)17-9-5-4-6-10-17/h3-11,13,19H,1,12,14-15H2,2H3,(H,22,25)/t19-/m1/s1. The second kappa shape index (κ2) is 8.34. The number of hydrogen-bond donors (Lipinski definition) is 1. The molecular weight excluding hydrogens is 326 g/mol. The normalized spacial score (nSPS) is 15.7. The number of amides is 2. The predicted octanol–water partition coefficient (Wildman–Crippen LogP) is 4.21. The summed E-state index contributed by atoms with van der Waals surface area (Å²) < 4.78 is 0. The van der Waals surface area contributed by atoms with Gasteiger partial charge in [0.05, 0.1) is 12.3 Å². The number of anilines is 1. The van der Waals surface area contributed by atoms with E-state index in [0.29, 0.717) is 19.5 Å². The van der Waals surface area contributed by atoms with Crippen molar-refractivity contribution in [3.63, 3.8) is 0 Å². The van der Waals surface area contributed by atoms with Gasteiger partial charge in [-0.15, -0.1) is 6.58 Å². The van der Waals surface area contributed by atoms with Crippen molar-refractivity contribution in [2.24, 2.45) is 5.16 Å². The fraction of sp³-hybridized carbons (Fsp3) is 0.238. The molecule has 0 aromatic heterocycles. The molecule has 5 nitrogen and oxygen atoms in total. The lowest BCUT2D eigenvalue weighted by Gasteiger charge is -2.24. The molecule has 0 saturated carbocycles. The first-order valence-corrected chi connectivity index (χ1v) is 8.67. The number of aryl methyl sites for hydroxylation is 1. The maximum absolute atomic E-state index is 12.6. The Labute approximate surface area is 154 Å². The van der Waals surface area contributed by atoms with E-state index in [4.69, 9.17) is 4.84 Å². The van der Waals surface area contributed by atoms with Crippen molar-refractivity contribution in [3.05, 3.63) is 78.4 Å². The molecule has 5 heteroatoms. The molecule has 26 heavy (non-hydrogen) atoms. The third-order valence-corrected chi connectivity index (χ3v) is 4.17. The molecule has 0 spiro atoms. The first kappa shape index (κ1) is 17.7. The van der Waals surface area contributed by atoms with Gasteiger partial charge in [0.1, 0.15) is 0 Å². The summed E-state index contributed by atoms with van der Waals surface area (Å²) in [6.45, 7) is 6.63. The van der Waals surface area contributed by atoms with Gasteiger partial charge in [-0.1, -0.05) is 53.7 Å². The zero-order valence-corrected chi connectivity index (χ0v) is 14.9. The topological polar surface area (TPSA) is 53.9 Å². The van der Waals surface area contributed by atoms with Crippen LogP contribution in [0.1, 0.15) is 17.5 Å². The van der Waals surface area contributed by atoms with E-state index in [1.165, 1.54) is 0 Å². The Morgan fingerprint density at radius 1 is 1.31 bits per heavy atom. The van der Waals surface area contributed by atoms with Crippen LogP contribution in [0, 0.1) is 6.92 Å². The first-order chi connectivity index (χ1) is 12.7. The molecule has 0 fully saturated rings. The number of oxime groups is 1. The average molecular weight is 349 g/mol. The van der Waals surface area contributed by atoms with E-state index in [1.807, 2.05) is 61.5 Å². The molecule has 134 valence electrons. The molecule has 0 aliphatic carbocycles. The van der Waals surface area contributed by atoms with Gasteiger partial charge in [0.2, 0.25) is 0 Å². The third-order valence-electron chi connectivity index (χ3n) is 4.17. The van der Waals surface area contributed by atoms with Gasteiger partial charge in [0.25, 0.3) is 0 Å². The maximum atomic E-state index is 12.6. The predicted molar refractivity (Wildman–Crippen MR) is 104 cm³/mol. The minimum absolute atomic E-state index is 0.159. The van der Waals surface area contributed by atoms with Gasteiger partial charge in [-0.25, -0.2) is 4.79 Å². The molecule has 1 heterocycles. The highest BCUT2D eigenvalue weighted by molar-refractivity contribution is 6.01. The third kappa shape index (κ3) is 4.51. The Kier molecular flexibility index (Phi) is 5.69. The van der Waals surface area contributed by atoms with Crippen LogP contribution in [0.25, 0.3) is 0 Å². The van der Waals surface area contributed by atoms with E-state index in [2.05, 4.69) is 17.1 Å². The number of urea groups is 1. The van der Waals surface area contributed by atoms with Crippen LogP contribution < -0.4 is 5.32 Å². The summed E-state index contributed by atoms with van der Waals surface area (Å²) in [5.41, 5.74) is 3.83. The van der Waals surface area contributed by atoms with Crippen molar-refractivity contribution in [2.75, 3.05) is 18.4 Å². The van der Waals surface area contributed by atoms with E-state index in [9.17, 15) is 4.79 Å². The Morgan fingerprint density at radius 3 is 2.85 bits per heavy atom. The highest BCUT2D eigenvalue weighted by atomic mass is 16.6. The molecule has 2 aromatic carbocycles. The lowest BCUT2D eigenvalue weighted by atomic mass is 10.1. The largest absolute Gasteiger partial charge is 0.390 e. The molecule has 1 N–H and O–H groups in total. The zero-order chi connectivity index (χ0) is 18.4. The van der Waals surface area contributed by atoms with Crippen LogP contribution in [0.4, 0.5) is 10.5 Å². The summed E-state index contributed by atoms with van der Waals surface area (Å²) in [6.07, 6.45) is 2.23. The summed E-state index contributed by atoms with van der Waals surface area (Å²) >= 11 is 0. The van der Waals surface area contributed by atoms with Crippen LogP contribution in [-0.4, -0.2) is 35.8 Å². The molecule has 1 atom stereocenters. The second-order valence-corrected chi connectivity index (χ2v) is 6.33. The Morgan fingerprint density at radius 2 is 2.12 bits per heavy atom. The van der Waals surface area contributed by atoms with E-state index < -0.39 is 0 Å². The Hall–Kier alpha value is -3.08. The van der Waals surface area contributed by atoms with E-state index in [-0.39, 0.29) is 12.1 Å². The number of carbonyl (C=O) groups excluding carboxylic acids is 1. The molecule has 1 aliphatic rings. The van der Waals surface area contributed by atoms with Crippen LogP contribution in [0.5, 0.6) is 0 Å². The lowest BCUT2D eigenvalue weighted by Crippen LogP contribution is -2.40. The second-order valence-electron chi connectivity index (χ2n) is 6.33. The minimum atomic E-state index is -0.174. The fourth-order valence-corrected chi connectivity index (χ4v) is 2.89. The van der Waals surface area contributed by atoms with Crippen LogP contribution in [0.3, 0.4) is 0 Å². The van der Waals surface area contributed by atoms with Crippen LogP contribution in [-0.2, 0) is 4.84 Å². The van der Waals surface area contributed by atoms with E-state index in [1.54, 1.807) is 11.0 Å². The number of nitrogens with one attached hydrogen (secondary N) is 1. The smallest absolute Gasteiger partial charge is 0.322 e. The number of rotatable bonds is 6. The summed E-state index contributed by atoms with van der Waals surface area (Å²) in [5, 5.41) is 7.12. The molecule has 0 saturated heterocycles. The summed E-state index contributed by atoms with van der Waals surface area (Å²) in [7, 11) is 0. The van der Waals surface area contributed by atoms with Crippen LogP contribution in [0.15, 0.2) is 72.4 Å². The summed E-state index contributed by atoms with van der Waals surface area (Å²) in [6, 6.07) is 17.5. The van der Waals surface area contributed by atoms with Gasteiger partial charge in [-0.05, 0) is 30.2 Å². The number of hydrogen-bond acceptors (Lipinski definition) is 3. The van der Waals surface area contributed by atoms with Crippen molar-refractivity contribution >= 4 is 17.4 Å². The molecule has 2 aromatic rings. The van der Waals surface area contributed by atoms with Crippen molar-refractivity contribution in [2.45, 2.75) is 19.4 Å². The molecule has 2 amide bonds. The van der Waals surface area contributed by atoms with Gasteiger partial charge in [-0.2, -0.15) is 0 Å². The van der Waals surface area contributed by atoms with Crippen LogP contribution in [0.2, 0.25) is 0 Å². The van der Waals surface area contributed by atoms with Crippen molar-refractivity contribution in [1.29, 1.82) is 0 Å². The quantitative estimate of drug-likeness (QED) is 0.794. The molecule has 0 radical (unpaired) electrons. The number of carbonyl (C=O) groups is 1. The average Bonchev–Trinajstić information content (AvgIpc) is 3.11. The van der Waals surface area contributed by atoms with Crippen LogP contribution >= 0.6 is 0 Å². The molecule has 0 unspecified atom stereocenters. The SMILES string of the molecule is C=CCN(C[C@H]1CC(c2ccccc2)=NO1)C(=O)Nc1cccc(C)c1. The zero-order valence-electron chi connectivity index (χ0n) is 14.9. The summed E-state index contributed by atoms with van der Waals surface area (Å²) in [5.74, 6) is 0. The highest BCUT2D eigenvalue weighted by Crippen LogP contribution is 2.18.